The molecule has 6 nitrogen and oxygen atoms in total. The van der Waals surface area contributed by atoms with E-state index in [9.17, 15) is 14.9 Å². The third-order valence-electron chi connectivity index (χ3n) is 3.68. The molecule has 6 heteroatoms. The van der Waals surface area contributed by atoms with E-state index in [1.165, 1.54) is 12.1 Å². The van der Waals surface area contributed by atoms with Crippen LogP contribution < -0.4 is 5.32 Å². The summed E-state index contributed by atoms with van der Waals surface area (Å²) in [6, 6.07) is 4.11. The molecular weight excluding hydrogens is 272 g/mol. The fourth-order valence-electron chi connectivity index (χ4n) is 2.45. The van der Waals surface area contributed by atoms with E-state index in [0.717, 1.165) is 0 Å². The van der Waals surface area contributed by atoms with Gasteiger partial charge in [0, 0.05) is 18.3 Å². The summed E-state index contributed by atoms with van der Waals surface area (Å²) in [4.78, 5) is 21.2. The van der Waals surface area contributed by atoms with E-state index in [-0.39, 0.29) is 5.56 Å². The molecule has 2 N–H and O–H groups in total. The van der Waals surface area contributed by atoms with Gasteiger partial charge in [-0.15, -0.1) is 0 Å². The van der Waals surface area contributed by atoms with Crippen LogP contribution in [-0.4, -0.2) is 22.5 Å². The lowest BCUT2D eigenvalue weighted by Crippen LogP contribution is -2.24. The third kappa shape index (κ3) is 4.44. The van der Waals surface area contributed by atoms with Gasteiger partial charge in [0.2, 0.25) is 0 Å². The molecule has 0 aromatic heterocycles. The number of carboxylic acid groups (broad SMARTS) is 1. The number of aromatic carboxylic acids is 1. The number of anilines is 1. The molecule has 0 radical (unpaired) electrons. The van der Waals surface area contributed by atoms with Crippen molar-refractivity contribution in [3.63, 3.8) is 0 Å². The van der Waals surface area contributed by atoms with Gasteiger partial charge in [0.1, 0.15) is 5.56 Å². The Labute approximate surface area is 124 Å². The van der Waals surface area contributed by atoms with E-state index in [2.05, 4.69) is 33.0 Å². The van der Waals surface area contributed by atoms with Gasteiger partial charge in [-0.25, -0.2) is 4.79 Å². The summed E-state index contributed by atoms with van der Waals surface area (Å²) in [5.41, 5.74) is -0.119. The van der Waals surface area contributed by atoms with E-state index < -0.39 is 16.6 Å². The number of nitrogens with zero attached hydrogens (tertiary/aromatic N) is 1. The topological polar surface area (TPSA) is 92.5 Å². The molecule has 1 aromatic rings. The van der Waals surface area contributed by atoms with Crippen molar-refractivity contribution in [2.45, 2.75) is 27.7 Å². The van der Waals surface area contributed by atoms with E-state index in [1.807, 2.05) is 0 Å². The van der Waals surface area contributed by atoms with E-state index >= 15 is 0 Å². The molecule has 1 rings (SSSR count). The molecule has 0 saturated carbocycles. The van der Waals surface area contributed by atoms with Gasteiger partial charge in [0.25, 0.3) is 5.69 Å². The lowest BCUT2D eigenvalue weighted by Gasteiger charge is -2.25. The first kappa shape index (κ1) is 16.9. The van der Waals surface area contributed by atoms with Crippen LogP contribution in [0.4, 0.5) is 11.4 Å². The Kier molecular flexibility index (Phi) is 5.69. The Morgan fingerprint density at radius 2 is 1.86 bits per heavy atom. The van der Waals surface area contributed by atoms with Gasteiger partial charge >= 0.3 is 5.97 Å². The SMILES string of the molecule is CC(C)C(CNc1ccc(C(=O)O)c([N+](=O)[O-])c1)C(C)C. The minimum absolute atomic E-state index is 0.296. The first-order valence-electron chi connectivity index (χ1n) is 6.99. The maximum absolute atomic E-state index is 11.0. The van der Waals surface area contributed by atoms with Crippen molar-refractivity contribution in [3.05, 3.63) is 33.9 Å². The number of nitro benzene ring substituents is 1. The van der Waals surface area contributed by atoms with Crippen molar-refractivity contribution < 1.29 is 14.8 Å². The predicted octanol–water partition coefficient (Wildman–Crippen LogP) is 3.63. The molecule has 0 spiro atoms. The highest BCUT2D eigenvalue weighted by atomic mass is 16.6. The Bertz CT molecular complexity index is 518. The maximum atomic E-state index is 11.0. The monoisotopic (exact) mass is 294 g/mol. The molecule has 0 saturated heterocycles. The second-order valence-electron chi connectivity index (χ2n) is 5.83. The molecule has 0 aliphatic carbocycles. The van der Waals surface area contributed by atoms with Crippen LogP contribution in [0, 0.1) is 27.9 Å². The summed E-state index contributed by atoms with van der Waals surface area (Å²) >= 11 is 0. The van der Waals surface area contributed by atoms with Crippen molar-refractivity contribution in [3.8, 4) is 0 Å². The second-order valence-corrected chi connectivity index (χ2v) is 5.83. The fraction of sp³-hybridized carbons (Fsp3) is 0.533. The second kappa shape index (κ2) is 7.06. The van der Waals surface area contributed by atoms with Gasteiger partial charge in [0.15, 0.2) is 0 Å². The first-order valence-corrected chi connectivity index (χ1v) is 6.99. The van der Waals surface area contributed by atoms with Gasteiger partial charge in [0.05, 0.1) is 4.92 Å². The molecule has 0 amide bonds. The zero-order valence-corrected chi connectivity index (χ0v) is 12.8. The lowest BCUT2D eigenvalue weighted by atomic mass is 9.85. The smallest absolute Gasteiger partial charge is 0.342 e. The summed E-state index contributed by atoms with van der Waals surface area (Å²) < 4.78 is 0. The van der Waals surface area contributed by atoms with Gasteiger partial charge in [-0.3, -0.25) is 10.1 Å². The standard InChI is InChI=1S/C15H22N2O4/c1-9(2)13(10(3)4)8-16-11-5-6-12(15(18)19)14(7-11)17(20)21/h5-7,9-10,13,16H,8H2,1-4H3,(H,18,19). The van der Waals surface area contributed by atoms with Crippen LogP contribution >= 0.6 is 0 Å². The summed E-state index contributed by atoms with van der Waals surface area (Å²) in [5, 5.41) is 23.1. The minimum atomic E-state index is -1.30. The number of carboxylic acids is 1. The molecular formula is C15H22N2O4. The zero-order chi connectivity index (χ0) is 16.2. The fourth-order valence-corrected chi connectivity index (χ4v) is 2.45. The molecule has 0 bridgehead atoms. The van der Waals surface area contributed by atoms with Gasteiger partial charge in [-0.2, -0.15) is 0 Å². The molecule has 116 valence electrons. The lowest BCUT2D eigenvalue weighted by molar-refractivity contribution is -0.385. The average molecular weight is 294 g/mol. The number of rotatable bonds is 7. The molecule has 0 unspecified atom stereocenters. The Morgan fingerprint density at radius 3 is 2.29 bits per heavy atom. The molecule has 0 heterocycles. The summed E-state index contributed by atoms with van der Waals surface area (Å²) in [5.74, 6) is 0.121. The first-order chi connectivity index (χ1) is 9.73. The molecule has 0 fully saturated rings. The Morgan fingerprint density at radius 1 is 1.29 bits per heavy atom. The number of carbonyl (C=O) groups is 1. The van der Waals surface area contributed by atoms with Crippen LogP contribution in [0.15, 0.2) is 18.2 Å². The summed E-state index contributed by atoms with van der Waals surface area (Å²) in [6.07, 6.45) is 0. The highest BCUT2D eigenvalue weighted by Crippen LogP contribution is 2.25. The number of nitro groups is 1. The minimum Gasteiger partial charge on any atom is -0.477 e. The Hall–Kier alpha value is -2.11. The van der Waals surface area contributed by atoms with Gasteiger partial charge < -0.3 is 10.4 Å². The molecule has 0 aliphatic rings. The quantitative estimate of drug-likeness (QED) is 0.591. The maximum Gasteiger partial charge on any atom is 0.342 e. The molecule has 21 heavy (non-hydrogen) atoms. The summed E-state index contributed by atoms with van der Waals surface area (Å²) in [7, 11) is 0. The van der Waals surface area contributed by atoms with Crippen LogP contribution in [0.25, 0.3) is 0 Å². The number of nitrogens with one attached hydrogen (secondary N) is 1. The highest BCUT2D eigenvalue weighted by Gasteiger charge is 2.21. The number of hydrogen-bond donors (Lipinski definition) is 2. The van der Waals surface area contributed by atoms with Gasteiger partial charge in [-0.1, -0.05) is 27.7 Å². The summed E-state index contributed by atoms with van der Waals surface area (Å²) in [6.45, 7) is 9.26. The van der Waals surface area contributed by atoms with Crippen molar-refractivity contribution in [2.24, 2.45) is 17.8 Å². The number of hydrogen-bond acceptors (Lipinski definition) is 4. The third-order valence-corrected chi connectivity index (χ3v) is 3.68. The zero-order valence-electron chi connectivity index (χ0n) is 12.8. The van der Waals surface area contributed by atoms with Crippen molar-refractivity contribution in [2.75, 3.05) is 11.9 Å². The van der Waals surface area contributed by atoms with Crippen molar-refractivity contribution in [1.82, 2.24) is 0 Å². The largest absolute Gasteiger partial charge is 0.477 e. The van der Waals surface area contributed by atoms with Crippen LogP contribution in [-0.2, 0) is 0 Å². The molecule has 0 aliphatic heterocycles. The predicted molar refractivity (Wildman–Crippen MR) is 81.7 cm³/mol. The van der Waals surface area contributed by atoms with Gasteiger partial charge in [-0.05, 0) is 29.9 Å². The normalized spacial score (nSPS) is 11.2. The van der Waals surface area contributed by atoms with Crippen LogP contribution in [0.3, 0.4) is 0 Å². The molecule has 1 aromatic carbocycles. The van der Waals surface area contributed by atoms with Crippen molar-refractivity contribution >= 4 is 17.3 Å². The Balaban J connectivity index is 2.93. The van der Waals surface area contributed by atoms with E-state index in [4.69, 9.17) is 5.11 Å². The average Bonchev–Trinajstić information content (AvgIpc) is 2.37. The van der Waals surface area contributed by atoms with E-state index in [0.29, 0.717) is 30.0 Å². The highest BCUT2D eigenvalue weighted by molar-refractivity contribution is 5.93. The van der Waals surface area contributed by atoms with Crippen molar-refractivity contribution in [1.29, 1.82) is 0 Å². The van der Waals surface area contributed by atoms with Crippen LogP contribution in [0.5, 0.6) is 0 Å². The van der Waals surface area contributed by atoms with Crippen LogP contribution in [0.2, 0.25) is 0 Å². The number of benzene rings is 1. The van der Waals surface area contributed by atoms with Crippen LogP contribution in [0.1, 0.15) is 38.1 Å². The molecule has 0 atom stereocenters. The van der Waals surface area contributed by atoms with E-state index in [1.54, 1.807) is 6.07 Å².